The minimum atomic E-state index is -0.216. The Morgan fingerprint density at radius 2 is 1.61 bits per heavy atom. The van der Waals surface area contributed by atoms with Crippen molar-refractivity contribution in [2.24, 2.45) is 0 Å². The van der Waals surface area contributed by atoms with Crippen LogP contribution in [0.3, 0.4) is 0 Å². The lowest BCUT2D eigenvalue weighted by molar-refractivity contribution is 0.619. The van der Waals surface area contributed by atoms with E-state index in [0.29, 0.717) is 6.54 Å². The Labute approximate surface area is 105 Å². The summed E-state index contributed by atoms with van der Waals surface area (Å²) in [7, 11) is 0. The van der Waals surface area contributed by atoms with Crippen LogP contribution in [0.15, 0.2) is 48.5 Å². The standard InChI is InChI=1S/C15H15F2N/c16-14-6-4-12(5-7-14)8-9-18-11-13-2-1-3-15(17)10-13/h1-7,10,18H,8-9,11H2. The minimum Gasteiger partial charge on any atom is -0.312 e. The van der Waals surface area contributed by atoms with Gasteiger partial charge in [0.1, 0.15) is 11.6 Å². The first-order chi connectivity index (χ1) is 8.74. The summed E-state index contributed by atoms with van der Waals surface area (Å²) in [5.41, 5.74) is 2.01. The van der Waals surface area contributed by atoms with Crippen molar-refractivity contribution in [3.05, 3.63) is 71.3 Å². The van der Waals surface area contributed by atoms with Crippen LogP contribution in [0.4, 0.5) is 8.78 Å². The molecule has 0 radical (unpaired) electrons. The van der Waals surface area contributed by atoms with Gasteiger partial charge >= 0.3 is 0 Å². The quantitative estimate of drug-likeness (QED) is 0.799. The lowest BCUT2D eigenvalue weighted by Gasteiger charge is -2.05. The van der Waals surface area contributed by atoms with Gasteiger partial charge in [-0.15, -0.1) is 0 Å². The summed E-state index contributed by atoms with van der Waals surface area (Å²) in [5.74, 6) is -0.431. The third-order valence-electron chi connectivity index (χ3n) is 2.72. The smallest absolute Gasteiger partial charge is 0.123 e. The van der Waals surface area contributed by atoms with Gasteiger partial charge < -0.3 is 5.32 Å². The fourth-order valence-electron chi connectivity index (χ4n) is 1.76. The van der Waals surface area contributed by atoms with Crippen molar-refractivity contribution in [2.45, 2.75) is 13.0 Å². The number of hydrogen-bond acceptors (Lipinski definition) is 1. The number of halogens is 2. The first kappa shape index (κ1) is 12.7. The van der Waals surface area contributed by atoms with Crippen molar-refractivity contribution in [1.29, 1.82) is 0 Å². The Hall–Kier alpha value is -1.74. The zero-order chi connectivity index (χ0) is 12.8. The predicted octanol–water partition coefficient (Wildman–Crippen LogP) is 3.30. The molecule has 0 fully saturated rings. The summed E-state index contributed by atoms with van der Waals surface area (Å²) in [5, 5.41) is 3.23. The van der Waals surface area contributed by atoms with Crippen molar-refractivity contribution in [3.8, 4) is 0 Å². The highest BCUT2D eigenvalue weighted by molar-refractivity contribution is 5.17. The van der Waals surface area contributed by atoms with E-state index >= 15 is 0 Å². The maximum atomic E-state index is 12.9. The second-order valence-electron chi connectivity index (χ2n) is 4.18. The SMILES string of the molecule is Fc1ccc(CCNCc2cccc(F)c2)cc1. The molecule has 94 valence electrons. The molecule has 0 aliphatic carbocycles. The van der Waals surface area contributed by atoms with Crippen molar-refractivity contribution in [2.75, 3.05) is 6.54 Å². The monoisotopic (exact) mass is 247 g/mol. The Kier molecular flexibility index (Phi) is 4.42. The van der Waals surface area contributed by atoms with Gasteiger partial charge in [0.2, 0.25) is 0 Å². The third kappa shape index (κ3) is 3.93. The Balaban J connectivity index is 1.74. The van der Waals surface area contributed by atoms with E-state index in [1.807, 2.05) is 6.07 Å². The summed E-state index contributed by atoms with van der Waals surface area (Å²) in [4.78, 5) is 0. The van der Waals surface area contributed by atoms with E-state index in [9.17, 15) is 8.78 Å². The first-order valence-corrected chi connectivity index (χ1v) is 5.93. The van der Waals surface area contributed by atoms with E-state index in [-0.39, 0.29) is 11.6 Å². The Morgan fingerprint density at radius 1 is 0.833 bits per heavy atom. The van der Waals surface area contributed by atoms with E-state index in [0.717, 1.165) is 24.1 Å². The molecule has 0 bridgehead atoms. The molecule has 0 unspecified atom stereocenters. The zero-order valence-corrected chi connectivity index (χ0v) is 10.00. The van der Waals surface area contributed by atoms with Crippen LogP contribution < -0.4 is 5.32 Å². The zero-order valence-electron chi connectivity index (χ0n) is 10.00. The lowest BCUT2D eigenvalue weighted by atomic mass is 10.1. The van der Waals surface area contributed by atoms with E-state index < -0.39 is 0 Å². The molecule has 1 N–H and O–H groups in total. The first-order valence-electron chi connectivity index (χ1n) is 5.93. The fraction of sp³-hybridized carbons (Fsp3) is 0.200. The summed E-state index contributed by atoms with van der Waals surface area (Å²) in [6, 6.07) is 13.0. The Morgan fingerprint density at radius 3 is 2.33 bits per heavy atom. The van der Waals surface area contributed by atoms with Gasteiger partial charge in [0.05, 0.1) is 0 Å². The van der Waals surface area contributed by atoms with Crippen molar-refractivity contribution in [3.63, 3.8) is 0 Å². The van der Waals surface area contributed by atoms with Gasteiger partial charge in [-0.1, -0.05) is 24.3 Å². The van der Waals surface area contributed by atoms with Gasteiger partial charge in [-0.05, 0) is 48.4 Å². The highest BCUT2D eigenvalue weighted by Crippen LogP contribution is 2.04. The molecule has 0 amide bonds. The molecule has 0 aliphatic heterocycles. The highest BCUT2D eigenvalue weighted by Gasteiger charge is 1.96. The van der Waals surface area contributed by atoms with Crippen LogP contribution in [0, 0.1) is 11.6 Å². The molecule has 0 aliphatic rings. The number of nitrogens with one attached hydrogen (secondary N) is 1. The van der Waals surface area contributed by atoms with E-state index in [4.69, 9.17) is 0 Å². The van der Waals surface area contributed by atoms with E-state index in [1.165, 1.54) is 24.3 Å². The van der Waals surface area contributed by atoms with Gasteiger partial charge in [0.15, 0.2) is 0 Å². The molecule has 2 rings (SSSR count). The normalized spacial score (nSPS) is 10.6. The predicted molar refractivity (Wildman–Crippen MR) is 68.2 cm³/mol. The summed E-state index contributed by atoms with van der Waals surface area (Å²) < 4.78 is 25.6. The van der Waals surface area contributed by atoms with Crippen LogP contribution >= 0.6 is 0 Å². The molecule has 2 aromatic carbocycles. The van der Waals surface area contributed by atoms with Crippen LogP contribution in [0.1, 0.15) is 11.1 Å². The molecule has 0 atom stereocenters. The van der Waals surface area contributed by atoms with Gasteiger partial charge in [-0.25, -0.2) is 8.78 Å². The molecule has 0 saturated heterocycles. The molecule has 0 saturated carbocycles. The molecule has 2 aromatic rings. The van der Waals surface area contributed by atoms with Gasteiger partial charge in [0, 0.05) is 6.54 Å². The van der Waals surface area contributed by atoms with Crippen LogP contribution in [-0.2, 0) is 13.0 Å². The molecule has 0 aromatic heterocycles. The second kappa shape index (κ2) is 6.26. The van der Waals surface area contributed by atoms with Crippen molar-refractivity contribution < 1.29 is 8.78 Å². The molecular formula is C15H15F2N. The Bertz CT molecular complexity index is 494. The van der Waals surface area contributed by atoms with Gasteiger partial charge in [-0.3, -0.25) is 0 Å². The van der Waals surface area contributed by atoms with Gasteiger partial charge in [0.25, 0.3) is 0 Å². The average Bonchev–Trinajstić information content (AvgIpc) is 2.37. The van der Waals surface area contributed by atoms with Crippen molar-refractivity contribution >= 4 is 0 Å². The fourth-order valence-corrected chi connectivity index (χ4v) is 1.76. The molecule has 3 heteroatoms. The van der Waals surface area contributed by atoms with E-state index in [1.54, 1.807) is 18.2 Å². The lowest BCUT2D eigenvalue weighted by Crippen LogP contribution is -2.16. The molecular weight excluding hydrogens is 232 g/mol. The average molecular weight is 247 g/mol. The maximum absolute atomic E-state index is 12.9. The molecule has 18 heavy (non-hydrogen) atoms. The number of hydrogen-bond donors (Lipinski definition) is 1. The maximum Gasteiger partial charge on any atom is 0.123 e. The highest BCUT2D eigenvalue weighted by atomic mass is 19.1. The van der Waals surface area contributed by atoms with Crippen LogP contribution in [-0.4, -0.2) is 6.54 Å². The van der Waals surface area contributed by atoms with Crippen LogP contribution in [0.25, 0.3) is 0 Å². The molecule has 0 spiro atoms. The number of benzene rings is 2. The summed E-state index contributed by atoms with van der Waals surface area (Å²) in [6.45, 7) is 1.42. The summed E-state index contributed by atoms with van der Waals surface area (Å²) in [6.07, 6.45) is 0.829. The molecule has 0 heterocycles. The third-order valence-corrected chi connectivity index (χ3v) is 2.72. The van der Waals surface area contributed by atoms with Crippen LogP contribution in [0.5, 0.6) is 0 Å². The largest absolute Gasteiger partial charge is 0.312 e. The topological polar surface area (TPSA) is 12.0 Å². The van der Waals surface area contributed by atoms with Crippen molar-refractivity contribution in [1.82, 2.24) is 5.32 Å². The minimum absolute atomic E-state index is 0.215. The number of rotatable bonds is 5. The van der Waals surface area contributed by atoms with Crippen LogP contribution in [0.2, 0.25) is 0 Å². The second-order valence-corrected chi connectivity index (χ2v) is 4.18. The molecule has 1 nitrogen and oxygen atoms in total. The summed E-state index contributed by atoms with van der Waals surface area (Å²) >= 11 is 0. The van der Waals surface area contributed by atoms with Gasteiger partial charge in [-0.2, -0.15) is 0 Å². The van der Waals surface area contributed by atoms with E-state index in [2.05, 4.69) is 5.32 Å².